The second-order valence-electron chi connectivity index (χ2n) is 6.14. The lowest BCUT2D eigenvalue weighted by Crippen LogP contribution is -2.17. The van der Waals surface area contributed by atoms with E-state index in [2.05, 4.69) is 16.9 Å². The van der Waals surface area contributed by atoms with E-state index in [9.17, 15) is 4.79 Å². The van der Waals surface area contributed by atoms with Crippen molar-refractivity contribution < 1.29 is 9.53 Å². The van der Waals surface area contributed by atoms with Gasteiger partial charge in [0.15, 0.2) is 0 Å². The molecule has 0 bridgehead atoms. The van der Waals surface area contributed by atoms with Crippen LogP contribution < -0.4 is 0 Å². The molecule has 0 N–H and O–H groups in total. The molecule has 6 heteroatoms. The molecule has 2 atom stereocenters. The van der Waals surface area contributed by atoms with Gasteiger partial charge >= 0.3 is 5.97 Å². The molecule has 0 fully saturated rings. The summed E-state index contributed by atoms with van der Waals surface area (Å²) < 4.78 is 5.24. The van der Waals surface area contributed by atoms with Crippen LogP contribution in [0.3, 0.4) is 0 Å². The van der Waals surface area contributed by atoms with Gasteiger partial charge in [0.05, 0.1) is 6.61 Å². The molecule has 2 aromatic rings. The number of hydrogen-bond donors (Lipinski definition) is 0. The molecule has 2 heterocycles. The number of fused-ring (bicyclic) bond motifs is 3. The van der Waals surface area contributed by atoms with Crippen LogP contribution in [-0.4, -0.2) is 27.8 Å². The predicted molar refractivity (Wildman–Crippen MR) is 95.2 cm³/mol. The fraction of sp³-hybridized carbons (Fsp3) is 0.588. The van der Waals surface area contributed by atoms with Gasteiger partial charge in [-0.05, 0) is 44.1 Å². The van der Waals surface area contributed by atoms with Crippen molar-refractivity contribution in [2.24, 2.45) is 5.92 Å². The zero-order chi connectivity index (χ0) is 16.4. The Balaban J connectivity index is 1.88. The van der Waals surface area contributed by atoms with Crippen LogP contribution in [0, 0.1) is 5.92 Å². The van der Waals surface area contributed by atoms with E-state index in [-0.39, 0.29) is 11.2 Å². The molecule has 0 unspecified atom stereocenters. The first-order valence-corrected chi connectivity index (χ1v) is 9.88. The number of hydrogen-bond acceptors (Lipinski definition) is 6. The van der Waals surface area contributed by atoms with Gasteiger partial charge in [0.2, 0.25) is 0 Å². The van der Waals surface area contributed by atoms with E-state index in [4.69, 9.17) is 4.74 Å². The zero-order valence-corrected chi connectivity index (χ0v) is 15.4. The summed E-state index contributed by atoms with van der Waals surface area (Å²) >= 11 is 3.28. The maximum atomic E-state index is 12.0. The largest absolute Gasteiger partial charge is 0.465 e. The Morgan fingerprint density at radius 1 is 1.52 bits per heavy atom. The SMILES string of the molecule is CCCOC(=O)[C@H](C)Sc1ncnc2sc3c(c12)CC[C@H](C)C3. The summed E-state index contributed by atoms with van der Waals surface area (Å²) in [5.74, 6) is 0.573. The van der Waals surface area contributed by atoms with Gasteiger partial charge in [-0.15, -0.1) is 11.3 Å². The lowest BCUT2D eigenvalue weighted by molar-refractivity contribution is -0.142. The molecule has 0 aliphatic heterocycles. The van der Waals surface area contributed by atoms with E-state index < -0.39 is 0 Å². The molecule has 0 saturated carbocycles. The van der Waals surface area contributed by atoms with Crippen molar-refractivity contribution in [1.29, 1.82) is 0 Å². The molecular formula is C17H22N2O2S2. The van der Waals surface area contributed by atoms with Crippen molar-refractivity contribution in [1.82, 2.24) is 9.97 Å². The van der Waals surface area contributed by atoms with Crippen LogP contribution >= 0.6 is 23.1 Å². The molecule has 0 aromatic carbocycles. The summed E-state index contributed by atoms with van der Waals surface area (Å²) in [7, 11) is 0. The number of thiophene rings is 1. The molecule has 0 saturated heterocycles. The Bertz CT molecular complexity index is 714. The van der Waals surface area contributed by atoms with Crippen LogP contribution in [0.1, 0.15) is 44.1 Å². The average Bonchev–Trinajstić information content (AvgIpc) is 2.90. The zero-order valence-electron chi connectivity index (χ0n) is 13.8. The van der Waals surface area contributed by atoms with Gasteiger partial charge in [-0.2, -0.15) is 0 Å². The van der Waals surface area contributed by atoms with Crippen LogP contribution in [0.2, 0.25) is 0 Å². The second-order valence-corrected chi connectivity index (χ2v) is 8.55. The van der Waals surface area contributed by atoms with E-state index in [0.29, 0.717) is 6.61 Å². The molecule has 0 spiro atoms. The van der Waals surface area contributed by atoms with E-state index in [0.717, 1.165) is 35.0 Å². The smallest absolute Gasteiger partial charge is 0.319 e. The number of thioether (sulfide) groups is 1. The quantitative estimate of drug-likeness (QED) is 0.458. The first kappa shape index (κ1) is 16.7. The van der Waals surface area contributed by atoms with E-state index in [1.165, 1.54) is 34.0 Å². The van der Waals surface area contributed by atoms with Gasteiger partial charge < -0.3 is 4.74 Å². The van der Waals surface area contributed by atoms with Crippen molar-refractivity contribution in [3.05, 3.63) is 16.8 Å². The Kier molecular flexibility index (Phi) is 5.21. The number of ether oxygens (including phenoxy) is 1. The number of carbonyl (C=O) groups is 1. The lowest BCUT2D eigenvalue weighted by Gasteiger charge is -2.18. The van der Waals surface area contributed by atoms with Crippen LogP contribution in [-0.2, 0) is 22.4 Å². The fourth-order valence-electron chi connectivity index (χ4n) is 2.87. The third kappa shape index (κ3) is 3.53. The fourth-order valence-corrected chi connectivity index (χ4v) is 5.23. The molecule has 3 rings (SSSR count). The average molecular weight is 351 g/mol. The van der Waals surface area contributed by atoms with E-state index in [1.807, 2.05) is 13.8 Å². The number of aryl methyl sites for hydroxylation is 1. The normalized spacial score (nSPS) is 18.7. The van der Waals surface area contributed by atoms with E-state index >= 15 is 0 Å². The van der Waals surface area contributed by atoms with Gasteiger partial charge in [0.1, 0.15) is 21.4 Å². The first-order chi connectivity index (χ1) is 11.1. The monoisotopic (exact) mass is 350 g/mol. The number of carbonyl (C=O) groups excluding carboxylic acids is 1. The van der Waals surface area contributed by atoms with Gasteiger partial charge in [0.25, 0.3) is 0 Å². The predicted octanol–water partition coefficient (Wildman–Crippen LogP) is 4.25. The number of rotatable bonds is 5. The Hall–Kier alpha value is -1.14. The van der Waals surface area contributed by atoms with Crippen LogP contribution in [0.25, 0.3) is 10.2 Å². The highest BCUT2D eigenvalue weighted by Gasteiger charge is 2.25. The summed E-state index contributed by atoms with van der Waals surface area (Å²) in [5.41, 5.74) is 1.40. The molecule has 4 nitrogen and oxygen atoms in total. The minimum atomic E-state index is -0.252. The summed E-state index contributed by atoms with van der Waals surface area (Å²) in [4.78, 5) is 23.4. The van der Waals surface area contributed by atoms with Crippen molar-refractivity contribution in [3.8, 4) is 0 Å². The van der Waals surface area contributed by atoms with Crippen LogP contribution in [0.4, 0.5) is 0 Å². The summed E-state index contributed by atoms with van der Waals surface area (Å²) in [6.07, 6.45) is 5.89. The Morgan fingerprint density at radius 3 is 3.13 bits per heavy atom. The van der Waals surface area contributed by atoms with Crippen molar-refractivity contribution >= 4 is 39.3 Å². The Labute approximate surface area is 145 Å². The number of nitrogens with zero attached hydrogens (tertiary/aromatic N) is 2. The summed E-state index contributed by atoms with van der Waals surface area (Å²) in [6.45, 7) is 6.67. The van der Waals surface area contributed by atoms with Gasteiger partial charge in [-0.1, -0.05) is 25.6 Å². The third-order valence-electron chi connectivity index (χ3n) is 4.13. The summed E-state index contributed by atoms with van der Waals surface area (Å²) in [5, 5.41) is 1.83. The topological polar surface area (TPSA) is 52.1 Å². The number of esters is 1. The third-order valence-corrected chi connectivity index (χ3v) is 6.37. The highest BCUT2D eigenvalue weighted by molar-refractivity contribution is 8.00. The highest BCUT2D eigenvalue weighted by atomic mass is 32.2. The molecule has 1 aliphatic rings. The highest BCUT2D eigenvalue weighted by Crippen LogP contribution is 2.41. The molecular weight excluding hydrogens is 328 g/mol. The minimum Gasteiger partial charge on any atom is -0.465 e. The van der Waals surface area contributed by atoms with Crippen molar-refractivity contribution in [2.75, 3.05) is 6.61 Å². The maximum absolute atomic E-state index is 12.0. The first-order valence-electron chi connectivity index (χ1n) is 8.18. The van der Waals surface area contributed by atoms with Gasteiger partial charge in [-0.25, -0.2) is 9.97 Å². The summed E-state index contributed by atoms with van der Waals surface area (Å²) in [6, 6.07) is 0. The maximum Gasteiger partial charge on any atom is 0.319 e. The van der Waals surface area contributed by atoms with Crippen molar-refractivity contribution in [3.63, 3.8) is 0 Å². The lowest BCUT2D eigenvalue weighted by atomic mass is 9.89. The molecule has 0 radical (unpaired) electrons. The molecule has 1 aliphatic carbocycles. The molecule has 0 amide bonds. The molecule has 2 aromatic heterocycles. The molecule has 23 heavy (non-hydrogen) atoms. The van der Waals surface area contributed by atoms with Crippen LogP contribution in [0.15, 0.2) is 11.4 Å². The second kappa shape index (κ2) is 7.18. The minimum absolute atomic E-state index is 0.165. The van der Waals surface area contributed by atoms with Gasteiger partial charge in [-0.3, -0.25) is 4.79 Å². The van der Waals surface area contributed by atoms with Crippen LogP contribution in [0.5, 0.6) is 0 Å². The molecule has 124 valence electrons. The van der Waals surface area contributed by atoms with E-state index in [1.54, 1.807) is 17.7 Å². The van der Waals surface area contributed by atoms with Crippen molar-refractivity contribution in [2.45, 2.75) is 56.7 Å². The van der Waals surface area contributed by atoms with Gasteiger partial charge in [0, 0.05) is 10.3 Å². The number of aromatic nitrogens is 2. The Morgan fingerprint density at radius 2 is 2.35 bits per heavy atom. The standard InChI is InChI=1S/C17H22N2O2S2/c1-4-7-21-17(20)11(3)22-15-14-12-6-5-10(2)8-13(12)23-16(14)19-9-18-15/h9-11H,4-8H2,1-3H3/t10-,11-/m0/s1.